The van der Waals surface area contributed by atoms with Crippen LogP contribution >= 0.6 is 11.8 Å². The van der Waals surface area contributed by atoms with Crippen LogP contribution in [0, 0.1) is 0 Å². The number of benzene rings is 2. The van der Waals surface area contributed by atoms with Crippen LogP contribution < -0.4 is 14.4 Å². The van der Waals surface area contributed by atoms with Gasteiger partial charge in [-0.2, -0.15) is 0 Å². The first-order valence-corrected chi connectivity index (χ1v) is 11.6. The lowest BCUT2D eigenvalue weighted by Crippen LogP contribution is -2.27. The average molecular weight is 470 g/mol. The predicted octanol–water partition coefficient (Wildman–Crippen LogP) is 5.69. The minimum Gasteiger partial charge on any atom is -0.490 e. The summed E-state index contributed by atoms with van der Waals surface area (Å²) in [6.07, 6.45) is 2.53. The lowest BCUT2D eigenvalue weighted by Gasteiger charge is -2.15. The van der Waals surface area contributed by atoms with Crippen molar-refractivity contribution >= 4 is 40.6 Å². The van der Waals surface area contributed by atoms with Gasteiger partial charge in [-0.25, -0.2) is 4.90 Å². The van der Waals surface area contributed by atoms with Crippen molar-refractivity contribution in [2.75, 3.05) is 18.1 Å². The fourth-order valence-electron chi connectivity index (χ4n) is 3.28. The molecule has 0 radical (unpaired) electrons. The zero-order valence-corrected chi connectivity index (χ0v) is 19.7. The Morgan fingerprint density at radius 1 is 1.09 bits per heavy atom. The summed E-state index contributed by atoms with van der Waals surface area (Å²) >= 11 is 0.888. The standard InChI is InChI=1S/C25H27NO6S/c1-4-16(3)18-7-9-19(10-8-18)26-24(29)22(33-25(26)30)15-17-6-11-20(21(14-17)31-5-2)32-13-12-23(27)28/h6-11,14-16H,4-5,12-13H2,1-3H3,(H,27,28)/b22-15+. The molecule has 0 aliphatic carbocycles. The number of aliphatic carboxylic acids is 1. The molecule has 33 heavy (non-hydrogen) atoms. The van der Waals surface area contributed by atoms with Gasteiger partial charge < -0.3 is 14.6 Å². The number of carbonyl (C=O) groups excluding carboxylic acids is 2. The van der Waals surface area contributed by atoms with Crippen molar-refractivity contribution in [2.24, 2.45) is 0 Å². The molecule has 1 fully saturated rings. The third-order valence-electron chi connectivity index (χ3n) is 5.27. The molecule has 8 heteroatoms. The minimum absolute atomic E-state index is 0.0173. The van der Waals surface area contributed by atoms with E-state index in [9.17, 15) is 14.4 Å². The lowest BCUT2D eigenvalue weighted by molar-refractivity contribution is -0.137. The van der Waals surface area contributed by atoms with Crippen molar-refractivity contribution < 1.29 is 29.0 Å². The van der Waals surface area contributed by atoms with Gasteiger partial charge in [0.1, 0.15) is 0 Å². The Kier molecular flexibility index (Phi) is 8.16. The lowest BCUT2D eigenvalue weighted by atomic mass is 9.98. The van der Waals surface area contributed by atoms with Gasteiger partial charge in [-0.1, -0.05) is 32.0 Å². The monoisotopic (exact) mass is 469 g/mol. The van der Waals surface area contributed by atoms with Crippen molar-refractivity contribution in [2.45, 2.75) is 39.5 Å². The number of nitrogens with zero attached hydrogens (tertiary/aromatic N) is 1. The first-order chi connectivity index (χ1) is 15.8. The van der Waals surface area contributed by atoms with E-state index in [1.165, 1.54) is 4.90 Å². The fraction of sp³-hybridized carbons (Fsp3) is 0.320. The van der Waals surface area contributed by atoms with E-state index in [0.717, 1.165) is 23.7 Å². The van der Waals surface area contributed by atoms with Crippen molar-refractivity contribution in [1.29, 1.82) is 0 Å². The molecule has 2 amide bonds. The van der Waals surface area contributed by atoms with Crippen LogP contribution in [-0.4, -0.2) is 35.4 Å². The summed E-state index contributed by atoms with van der Waals surface area (Å²) < 4.78 is 11.1. The highest BCUT2D eigenvalue weighted by atomic mass is 32.2. The van der Waals surface area contributed by atoms with Crippen LogP contribution in [0.4, 0.5) is 10.5 Å². The highest BCUT2D eigenvalue weighted by molar-refractivity contribution is 8.19. The zero-order valence-electron chi connectivity index (χ0n) is 18.9. The van der Waals surface area contributed by atoms with Gasteiger partial charge in [-0.15, -0.1) is 0 Å². The van der Waals surface area contributed by atoms with E-state index in [0.29, 0.717) is 40.2 Å². The van der Waals surface area contributed by atoms with Gasteiger partial charge in [-0.3, -0.25) is 14.4 Å². The number of thioether (sulfide) groups is 1. The van der Waals surface area contributed by atoms with Gasteiger partial charge in [0, 0.05) is 0 Å². The number of carboxylic acids is 1. The normalized spacial score (nSPS) is 15.7. The number of carboxylic acid groups (broad SMARTS) is 1. The third-order valence-corrected chi connectivity index (χ3v) is 6.13. The first kappa shape index (κ1) is 24.4. The summed E-state index contributed by atoms with van der Waals surface area (Å²) in [5.74, 6) is -0.0541. The third kappa shape index (κ3) is 5.96. The number of hydrogen-bond donors (Lipinski definition) is 1. The summed E-state index contributed by atoms with van der Waals surface area (Å²) in [5.41, 5.74) is 2.38. The number of amides is 2. The second kappa shape index (κ2) is 11.0. The Bertz CT molecular complexity index is 1060. The highest BCUT2D eigenvalue weighted by Crippen LogP contribution is 2.37. The number of anilines is 1. The Morgan fingerprint density at radius 2 is 1.82 bits per heavy atom. The Balaban J connectivity index is 1.80. The van der Waals surface area contributed by atoms with E-state index in [-0.39, 0.29) is 24.2 Å². The molecule has 1 atom stereocenters. The quantitative estimate of drug-likeness (QED) is 0.447. The van der Waals surface area contributed by atoms with Crippen LogP contribution in [0.2, 0.25) is 0 Å². The van der Waals surface area contributed by atoms with Crippen molar-refractivity contribution in [3.05, 3.63) is 58.5 Å². The Hall–Kier alpha value is -3.26. The van der Waals surface area contributed by atoms with Gasteiger partial charge in [0.2, 0.25) is 0 Å². The van der Waals surface area contributed by atoms with E-state index in [1.54, 1.807) is 36.4 Å². The van der Waals surface area contributed by atoms with Crippen LogP contribution in [0.1, 0.15) is 50.7 Å². The largest absolute Gasteiger partial charge is 0.490 e. The zero-order chi connectivity index (χ0) is 24.0. The van der Waals surface area contributed by atoms with E-state index in [1.807, 2.05) is 19.1 Å². The molecule has 0 spiro atoms. The maximum Gasteiger partial charge on any atom is 0.306 e. The molecule has 2 aromatic carbocycles. The molecular weight excluding hydrogens is 442 g/mol. The van der Waals surface area contributed by atoms with Crippen LogP contribution in [0.5, 0.6) is 11.5 Å². The number of carbonyl (C=O) groups is 3. The topological polar surface area (TPSA) is 93.1 Å². The molecule has 174 valence electrons. The molecule has 0 saturated carbocycles. The maximum absolute atomic E-state index is 13.0. The average Bonchev–Trinajstić information content (AvgIpc) is 3.07. The molecule has 0 bridgehead atoms. The number of imide groups is 1. The van der Waals surface area contributed by atoms with Gasteiger partial charge in [0.15, 0.2) is 11.5 Å². The molecular formula is C25H27NO6S. The Morgan fingerprint density at radius 3 is 2.45 bits per heavy atom. The summed E-state index contributed by atoms with van der Waals surface area (Å²) in [7, 11) is 0. The molecule has 1 aliphatic rings. The van der Waals surface area contributed by atoms with E-state index >= 15 is 0 Å². The van der Waals surface area contributed by atoms with Crippen molar-refractivity contribution in [3.63, 3.8) is 0 Å². The van der Waals surface area contributed by atoms with Gasteiger partial charge in [0.05, 0.1) is 30.2 Å². The summed E-state index contributed by atoms with van der Waals surface area (Å²) in [6, 6.07) is 12.6. The summed E-state index contributed by atoms with van der Waals surface area (Å²) in [5, 5.41) is 8.44. The molecule has 1 aliphatic heterocycles. The highest BCUT2D eigenvalue weighted by Gasteiger charge is 2.36. The molecule has 0 aromatic heterocycles. The van der Waals surface area contributed by atoms with Crippen LogP contribution in [0.25, 0.3) is 6.08 Å². The van der Waals surface area contributed by atoms with Gasteiger partial charge in [-0.05, 0) is 72.5 Å². The molecule has 1 saturated heterocycles. The SMILES string of the molecule is CCOc1cc(/C=C2/SC(=O)N(c3ccc(C(C)CC)cc3)C2=O)ccc1OCCC(=O)O. The maximum atomic E-state index is 13.0. The predicted molar refractivity (Wildman–Crippen MR) is 129 cm³/mol. The van der Waals surface area contributed by atoms with Crippen LogP contribution in [0.3, 0.4) is 0 Å². The van der Waals surface area contributed by atoms with Gasteiger partial charge in [0.25, 0.3) is 11.1 Å². The van der Waals surface area contributed by atoms with Crippen molar-refractivity contribution in [3.8, 4) is 11.5 Å². The molecule has 2 aromatic rings. The van der Waals surface area contributed by atoms with Crippen molar-refractivity contribution in [1.82, 2.24) is 0 Å². The van der Waals surface area contributed by atoms with Crippen LogP contribution in [-0.2, 0) is 9.59 Å². The second-order valence-corrected chi connectivity index (χ2v) is 8.54. The molecule has 1 unspecified atom stereocenters. The molecule has 7 nitrogen and oxygen atoms in total. The number of rotatable bonds is 10. The molecule has 1 heterocycles. The second-order valence-electron chi connectivity index (χ2n) is 7.55. The number of ether oxygens (including phenoxy) is 2. The fourth-order valence-corrected chi connectivity index (χ4v) is 4.12. The van der Waals surface area contributed by atoms with Crippen LogP contribution in [0.15, 0.2) is 47.4 Å². The summed E-state index contributed by atoms with van der Waals surface area (Å²) in [6.45, 7) is 6.49. The molecule has 3 rings (SSSR count). The van der Waals surface area contributed by atoms with E-state index in [4.69, 9.17) is 14.6 Å². The summed E-state index contributed by atoms with van der Waals surface area (Å²) in [4.78, 5) is 37.8. The smallest absolute Gasteiger partial charge is 0.306 e. The Labute approximate surface area is 197 Å². The number of hydrogen-bond acceptors (Lipinski definition) is 6. The molecule has 1 N–H and O–H groups in total. The first-order valence-electron chi connectivity index (χ1n) is 10.8. The van der Waals surface area contributed by atoms with Gasteiger partial charge >= 0.3 is 5.97 Å². The van der Waals surface area contributed by atoms with E-state index in [2.05, 4.69) is 13.8 Å². The van der Waals surface area contributed by atoms with E-state index < -0.39 is 5.97 Å². The minimum atomic E-state index is -0.949.